The van der Waals surface area contributed by atoms with Gasteiger partial charge in [-0.1, -0.05) is 18.2 Å². The lowest BCUT2D eigenvalue weighted by Crippen LogP contribution is -2.30. The van der Waals surface area contributed by atoms with Crippen molar-refractivity contribution in [3.05, 3.63) is 95.7 Å². The summed E-state index contributed by atoms with van der Waals surface area (Å²) in [4.78, 5) is 27.4. The molecular formula is C22H15NO6. The van der Waals surface area contributed by atoms with Crippen LogP contribution in [0.4, 0.5) is 0 Å². The van der Waals surface area contributed by atoms with Crippen LogP contribution in [0.1, 0.15) is 28.1 Å². The third-order valence-electron chi connectivity index (χ3n) is 4.92. The third kappa shape index (κ3) is 2.75. The van der Waals surface area contributed by atoms with Crippen LogP contribution in [0.3, 0.4) is 0 Å². The molecule has 7 heteroatoms. The van der Waals surface area contributed by atoms with E-state index in [1.165, 1.54) is 17.4 Å². The van der Waals surface area contributed by atoms with Crippen LogP contribution in [0.5, 0.6) is 0 Å². The molecule has 0 bridgehead atoms. The highest BCUT2D eigenvalue weighted by molar-refractivity contribution is 6.15. The molecule has 7 nitrogen and oxygen atoms in total. The van der Waals surface area contributed by atoms with Crippen LogP contribution in [0.25, 0.3) is 11.0 Å². The predicted octanol–water partition coefficient (Wildman–Crippen LogP) is 4.40. The summed E-state index contributed by atoms with van der Waals surface area (Å²) in [5, 5.41) is 11.3. The smallest absolute Gasteiger partial charge is 0.290 e. The highest BCUT2D eigenvalue weighted by Crippen LogP contribution is 2.40. The van der Waals surface area contributed by atoms with Crippen molar-refractivity contribution in [2.24, 2.45) is 0 Å². The van der Waals surface area contributed by atoms with Crippen molar-refractivity contribution in [3.8, 4) is 0 Å². The van der Waals surface area contributed by atoms with Gasteiger partial charge in [-0.15, -0.1) is 0 Å². The van der Waals surface area contributed by atoms with E-state index in [1.807, 2.05) is 12.1 Å². The lowest BCUT2D eigenvalue weighted by molar-refractivity contribution is -0.130. The largest absolute Gasteiger partial charge is 0.503 e. The van der Waals surface area contributed by atoms with Crippen molar-refractivity contribution in [1.82, 2.24) is 4.90 Å². The average molecular weight is 389 g/mol. The Hall–Kier alpha value is -4.00. The Morgan fingerprint density at radius 1 is 1.03 bits per heavy atom. The van der Waals surface area contributed by atoms with Crippen molar-refractivity contribution >= 4 is 22.7 Å². The second-order valence-corrected chi connectivity index (χ2v) is 6.67. The van der Waals surface area contributed by atoms with E-state index in [2.05, 4.69) is 0 Å². The number of hydrogen-bond donors (Lipinski definition) is 1. The molecule has 0 saturated heterocycles. The molecule has 5 rings (SSSR count). The van der Waals surface area contributed by atoms with Crippen molar-refractivity contribution in [1.29, 1.82) is 0 Å². The van der Waals surface area contributed by atoms with E-state index in [1.54, 1.807) is 42.5 Å². The number of amides is 1. The normalized spacial score (nSPS) is 16.9. The van der Waals surface area contributed by atoms with Gasteiger partial charge in [0.1, 0.15) is 23.1 Å². The average Bonchev–Trinajstić information content (AvgIpc) is 3.51. The highest BCUT2D eigenvalue weighted by Gasteiger charge is 2.46. The van der Waals surface area contributed by atoms with E-state index < -0.39 is 23.5 Å². The Morgan fingerprint density at radius 2 is 1.83 bits per heavy atom. The van der Waals surface area contributed by atoms with Gasteiger partial charge in [-0.05, 0) is 36.4 Å². The number of aliphatic hydroxyl groups is 1. The maximum absolute atomic E-state index is 13.3. The first kappa shape index (κ1) is 17.1. The number of aliphatic hydroxyl groups excluding tert-OH is 1. The molecule has 1 N–H and O–H groups in total. The second kappa shape index (κ2) is 6.56. The predicted molar refractivity (Wildman–Crippen MR) is 101 cm³/mol. The van der Waals surface area contributed by atoms with E-state index >= 15 is 0 Å². The van der Waals surface area contributed by atoms with E-state index in [4.69, 9.17) is 13.3 Å². The van der Waals surface area contributed by atoms with Crippen LogP contribution in [-0.2, 0) is 11.3 Å². The molecule has 1 aromatic carbocycles. The molecule has 0 spiro atoms. The Balaban J connectivity index is 1.59. The fraction of sp³-hybridized carbons (Fsp3) is 0.0909. The molecule has 1 aliphatic heterocycles. The van der Waals surface area contributed by atoms with Gasteiger partial charge in [0.25, 0.3) is 5.91 Å². The van der Waals surface area contributed by atoms with Gasteiger partial charge in [-0.2, -0.15) is 0 Å². The summed E-state index contributed by atoms with van der Waals surface area (Å²) < 4.78 is 16.5. The molecule has 0 aliphatic carbocycles. The first-order valence-corrected chi connectivity index (χ1v) is 8.96. The lowest BCUT2D eigenvalue weighted by atomic mass is 9.99. The van der Waals surface area contributed by atoms with Crippen LogP contribution >= 0.6 is 0 Å². The zero-order chi connectivity index (χ0) is 20.0. The van der Waals surface area contributed by atoms with Gasteiger partial charge in [0.05, 0.1) is 24.6 Å². The van der Waals surface area contributed by atoms with Crippen molar-refractivity contribution in [3.63, 3.8) is 0 Å². The van der Waals surface area contributed by atoms with E-state index in [-0.39, 0.29) is 17.9 Å². The summed E-state index contributed by atoms with van der Waals surface area (Å²) in [5.41, 5.74) is 0.456. The van der Waals surface area contributed by atoms with Crippen LogP contribution in [0.2, 0.25) is 0 Å². The maximum Gasteiger partial charge on any atom is 0.290 e. The third-order valence-corrected chi connectivity index (χ3v) is 4.92. The number of rotatable bonds is 5. The summed E-state index contributed by atoms with van der Waals surface area (Å²) in [6, 6.07) is 14.6. The summed E-state index contributed by atoms with van der Waals surface area (Å²) in [7, 11) is 0. The number of fused-ring (bicyclic) bond motifs is 1. The van der Waals surface area contributed by atoms with Gasteiger partial charge in [-0.25, -0.2) is 0 Å². The van der Waals surface area contributed by atoms with Crippen molar-refractivity contribution < 1.29 is 27.9 Å². The molecule has 1 aliphatic rings. The number of carbonyl (C=O) groups excluding carboxylic acids is 2. The van der Waals surface area contributed by atoms with Gasteiger partial charge < -0.3 is 23.3 Å². The summed E-state index contributed by atoms with van der Waals surface area (Å²) >= 11 is 0. The van der Waals surface area contributed by atoms with Gasteiger partial charge in [-0.3, -0.25) is 9.59 Å². The number of carbonyl (C=O) groups is 2. The highest BCUT2D eigenvalue weighted by atomic mass is 16.3. The molecule has 4 aromatic rings. The van der Waals surface area contributed by atoms with Gasteiger partial charge in [0.2, 0.25) is 5.78 Å². The number of Topliss-reactive ketones (excluding diaryl/α,β-unsaturated/α-hetero) is 1. The van der Waals surface area contributed by atoms with Crippen LogP contribution in [-0.4, -0.2) is 21.7 Å². The minimum Gasteiger partial charge on any atom is -0.503 e. The number of para-hydroxylation sites is 1. The number of hydrogen-bond acceptors (Lipinski definition) is 6. The molecule has 0 radical (unpaired) electrons. The SMILES string of the molecule is O=C(C1=C(O)C(=O)N(Cc2ccco2)C1c1ccco1)c1cc2ccccc2o1. The van der Waals surface area contributed by atoms with Crippen LogP contribution in [0, 0.1) is 0 Å². The molecule has 4 heterocycles. The summed E-state index contributed by atoms with van der Waals surface area (Å²) in [6.45, 7) is 0.0676. The quantitative estimate of drug-likeness (QED) is 0.508. The molecule has 3 aromatic heterocycles. The maximum atomic E-state index is 13.3. The summed E-state index contributed by atoms with van der Waals surface area (Å²) in [6.07, 6.45) is 2.94. The molecule has 1 unspecified atom stereocenters. The Labute approximate surface area is 164 Å². The van der Waals surface area contributed by atoms with Gasteiger partial charge in [0.15, 0.2) is 11.5 Å². The Kier molecular flexibility index (Phi) is 3.87. The second-order valence-electron chi connectivity index (χ2n) is 6.67. The molecule has 29 heavy (non-hydrogen) atoms. The number of furan rings is 3. The minimum atomic E-state index is -0.900. The Morgan fingerprint density at radius 3 is 2.55 bits per heavy atom. The van der Waals surface area contributed by atoms with Crippen molar-refractivity contribution in [2.75, 3.05) is 0 Å². The zero-order valence-corrected chi connectivity index (χ0v) is 15.1. The summed E-state index contributed by atoms with van der Waals surface area (Å²) in [5.74, 6) is -0.966. The standard InChI is InChI=1S/C22H15NO6/c24-20(17-11-13-5-1-2-7-15(13)29-17)18-19(16-8-4-10-28-16)23(22(26)21(18)25)12-14-6-3-9-27-14/h1-11,19,25H,12H2. The first-order chi connectivity index (χ1) is 14.1. The van der Waals surface area contributed by atoms with E-state index in [0.717, 1.165) is 5.39 Å². The topological polar surface area (TPSA) is 97.0 Å². The molecule has 1 amide bonds. The van der Waals surface area contributed by atoms with Gasteiger partial charge in [0, 0.05) is 5.39 Å². The Bertz CT molecular complexity index is 1200. The van der Waals surface area contributed by atoms with Gasteiger partial charge >= 0.3 is 0 Å². The molecule has 1 atom stereocenters. The molecule has 0 fully saturated rings. The number of benzene rings is 1. The number of nitrogens with zero attached hydrogens (tertiary/aromatic N) is 1. The molecular weight excluding hydrogens is 374 g/mol. The van der Waals surface area contributed by atoms with Crippen LogP contribution < -0.4 is 0 Å². The minimum absolute atomic E-state index is 0.0388. The lowest BCUT2D eigenvalue weighted by Gasteiger charge is -2.23. The fourth-order valence-electron chi connectivity index (χ4n) is 3.59. The number of ketones is 1. The fourth-order valence-corrected chi connectivity index (χ4v) is 3.59. The van der Waals surface area contributed by atoms with Crippen LogP contribution in [0.15, 0.2) is 91.7 Å². The molecule has 144 valence electrons. The van der Waals surface area contributed by atoms with E-state index in [9.17, 15) is 14.7 Å². The molecule has 0 saturated carbocycles. The monoisotopic (exact) mass is 389 g/mol. The first-order valence-electron chi connectivity index (χ1n) is 8.96. The van der Waals surface area contributed by atoms with E-state index in [0.29, 0.717) is 17.1 Å². The zero-order valence-electron chi connectivity index (χ0n) is 15.1. The van der Waals surface area contributed by atoms with Crippen molar-refractivity contribution in [2.45, 2.75) is 12.6 Å².